The third kappa shape index (κ3) is 2.98. The van der Waals surface area contributed by atoms with E-state index in [4.69, 9.17) is 0 Å². The molecule has 2 aromatic heterocycles. The van der Waals surface area contributed by atoms with E-state index in [-0.39, 0.29) is 18.1 Å². The normalized spacial score (nSPS) is 23.9. The standard InChI is InChI=1S/C15H17N5O4/c1-15(24)9-19(13(22)10-8-16-4-5-17-10)6-2-11(15)20-7-3-12(21)18-14(20)23/h3-5,7-8,11,24H,2,6,9H2,1H3,(H,18,21,23)/t11-,15-/m1/s1. The lowest BCUT2D eigenvalue weighted by atomic mass is 9.88. The summed E-state index contributed by atoms with van der Waals surface area (Å²) in [5, 5.41) is 10.8. The number of likely N-dealkylation sites (tertiary alicyclic amines) is 1. The summed E-state index contributed by atoms with van der Waals surface area (Å²) in [5.41, 5.74) is -2.21. The van der Waals surface area contributed by atoms with E-state index in [1.165, 1.54) is 40.3 Å². The molecule has 2 aromatic rings. The van der Waals surface area contributed by atoms with Crippen LogP contribution in [0.2, 0.25) is 0 Å². The van der Waals surface area contributed by atoms with Crippen molar-refractivity contribution < 1.29 is 9.90 Å². The molecule has 1 fully saturated rings. The van der Waals surface area contributed by atoms with E-state index in [1.807, 2.05) is 0 Å². The number of hydrogen-bond donors (Lipinski definition) is 2. The first-order valence-electron chi connectivity index (χ1n) is 7.47. The Hall–Kier alpha value is -2.81. The molecule has 0 aromatic carbocycles. The Morgan fingerprint density at radius 1 is 1.42 bits per heavy atom. The molecule has 3 heterocycles. The summed E-state index contributed by atoms with van der Waals surface area (Å²) >= 11 is 0. The summed E-state index contributed by atoms with van der Waals surface area (Å²) in [6, 6.07) is 0.682. The number of hydrogen-bond acceptors (Lipinski definition) is 6. The third-order valence-electron chi connectivity index (χ3n) is 4.16. The molecule has 2 N–H and O–H groups in total. The highest BCUT2D eigenvalue weighted by Crippen LogP contribution is 2.31. The fraction of sp³-hybridized carbons (Fsp3) is 0.400. The molecule has 126 valence electrons. The average molecular weight is 331 g/mol. The van der Waals surface area contributed by atoms with Crippen molar-refractivity contribution in [2.24, 2.45) is 0 Å². The molecular weight excluding hydrogens is 314 g/mol. The van der Waals surface area contributed by atoms with Gasteiger partial charge in [0.15, 0.2) is 0 Å². The van der Waals surface area contributed by atoms with Crippen molar-refractivity contribution in [2.45, 2.75) is 25.0 Å². The molecule has 3 rings (SSSR count). The van der Waals surface area contributed by atoms with Gasteiger partial charge < -0.3 is 10.0 Å². The molecule has 1 aliphatic rings. The van der Waals surface area contributed by atoms with E-state index in [9.17, 15) is 19.5 Å². The number of aliphatic hydroxyl groups is 1. The molecule has 9 nitrogen and oxygen atoms in total. The van der Waals surface area contributed by atoms with Gasteiger partial charge >= 0.3 is 5.69 Å². The number of nitrogens with zero attached hydrogens (tertiary/aromatic N) is 4. The van der Waals surface area contributed by atoms with Crippen molar-refractivity contribution in [3.63, 3.8) is 0 Å². The zero-order valence-electron chi connectivity index (χ0n) is 13.0. The highest BCUT2D eigenvalue weighted by Gasteiger charge is 2.41. The molecule has 0 saturated carbocycles. The summed E-state index contributed by atoms with van der Waals surface area (Å²) < 4.78 is 1.30. The van der Waals surface area contributed by atoms with E-state index in [1.54, 1.807) is 6.92 Å². The van der Waals surface area contributed by atoms with Gasteiger partial charge in [0, 0.05) is 31.2 Å². The minimum absolute atomic E-state index is 0.0403. The van der Waals surface area contributed by atoms with E-state index < -0.39 is 22.9 Å². The van der Waals surface area contributed by atoms with Crippen molar-refractivity contribution >= 4 is 5.91 Å². The Labute approximate surface area is 136 Å². The predicted octanol–water partition coefficient (Wildman–Crippen LogP) is -0.835. The second-order valence-electron chi connectivity index (χ2n) is 6.00. The molecule has 0 spiro atoms. The molecule has 1 saturated heterocycles. The lowest BCUT2D eigenvalue weighted by Crippen LogP contribution is -2.56. The van der Waals surface area contributed by atoms with Crippen LogP contribution in [0, 0.1) is 0 Å². The SMILES string of the molecule is C[C@@]1(O)CN(C(=O)c2cnccn2)CC[C@H]1n1ccc(=O)[nH]c1=O. The summed E-state index contributed by atoms with van der Waals surface area (Å²) in [5.74, 6) is -0.323. The number of aromatic nitrogens is 4. The lowest BCUT2D eigenvalue weighted by Gasteiger charge is -2.43. The number of β-amino-alcohol motifs (C(OH)–C–C–N with tert-alkyl or cyclic N) is 1. The zero-order chi connectivity index (χ0) is 17.3. The monoisotopic (exact) mass is 331 g/mol. The number of aromatic amines is 1. The fourth-order valence-corrected chi connectivity index (χ4v) is 3.02. The van der Waals surface area contributed by atoms with Gasteiger partial charge in [0.25, 0.3) is 11.5 Å². The minimum atomic E-state index is -1.34. The maximum atomic E-state index is 12.4. The Kier molecular flexibility index (Phi) is 4.02. The van der Waals surface area contributed by atoms with Crippen molar-refractivity contribution in [2.75, 3.05) is 13.1 Å². The van der Waals surface area contributed by atoms with Gasteiger partial charge in [-0.3, -0.25) is 24.1 Å². The van der Waals surface area contributed by atoms with E-state index in [2.05, 4.69) is 15.0 Å². The fourth-order valence-electron chi connectivity index (χ4n) is 3.02. The van der Waals surface area contributed by atoms with Crippen LogP contribution in [0.25, 0.3) is 0 Å². The number of rotatable bonds is 2. The van der Waals surface area contributed by atoms with Gasteiger partial charge in [-0.05, 0) is 13.3 Å². The molecule has 24 heavy (non-hydrogen) atoms. The highest BCUT2D eigenvalue weighted by molar-refractivity contribution is 5.92. The van der Waals surface area contributed by atoms with Crippen LogP contribution < -0.4 is 11.2 Å². The van der Waals surface area contributed by atoms with Gasteiger partial charge in [0.1, 0.15) is 11.3 Å². The molecule has 1 amide bonds. The third-order valence-corrected chi connectivity index (χ3v) is 4.16. The van der Waals surface area contributed by atoms with Crippen LogP contribution in [0.5, 0.6) is 0 Å². The first-order chi connectivity index (χ1) is 11.4. The number of nitrogens with one attached hydrogen (secondary N) is 1. The van der Waals surface area contributed by atoms with Gasteiger partial charge in [0.2, 0.25) is 0 Å². The average Bonchev–Trinajstić information content (AvgIpc) is 2.55. The molecule has 0 unspecified atom stereocenters. The molecule has 0 radical (unpaired) electrons. The number of H-pyrrole nitrogens is 1. The highest BCUT2D eigenvalue weighted by atomic mass is 16.3. The zero-order valence-corrected chi connectivity index (χ0v) is 13.0. The van der Waals surface area contributed by atoms with Crippen molar-refractivity contribution in [1.82, 2.24) is 24.4 Å². The van der Waals surface area contributed by atoms with Gasteiger partial charge in [-0.1, -0.05) is 0 Å². The molecule has 0 aliphatic carbocycles. The summed E-state index contributed by atoms with van der Waals surface area (Å²) in [4.78, 5) is 47.1. The Morgan fingerprint density at radius 3 is 2.83 bits per heavy atom. The molecule has 1 aliphatic heterocycles. The first kappa shape index (κ1) is 16.1. The van der Waals surface area contributed by atoms with Gasteiger partial charge in [-0.25, -0.2) is 9.78 Å². The Morgan fingerprint density at radius 2 is 2.21 bits per heavy atom. The Balaban J connectivity index is 1.84. The van der Waals surface area contributed by atoms with Crippen LogP contribution in [-0.2, 0) is 0 Å². The summed E-state index contributed by atoms with van der Waals surface area (Å²) in [6.07, 6.45) is 6.00. The van der Waals surface area contributed by atoms with Crippen LogP contribution in [0.1, 0.15) is 29.9 Å². The number of piperidine rings is 1. The van der Waals surface area contributed by atoms with Crippen molar-refractivity contribution in [3.05, 3.63) is 57.4 Å². The molecular formula is C15H17N5O4. The van der Waals surface area contributed by atoms with Crippen LogP contribution in [-0.4, -0.2) is 54.1 Å². The van der Waals surface area contributed by atoms with Crippen LogP contribution in [0.15, 0.2) is 40.4 Å². The lowest BCUT2D eigenvalue weighted by molar-refractivity contribution is -0.0505. The van der Waals surface area contributed by atoms with Crippen LogP contribution in [0.4, 0.5) is 0 Å². The number of carbonyl (C=O) groups is 1. The quantitative estimate of drug-likeness (QED) is 0.740. The summed E-state index contributed by atoms with van der Waals surface area (Å²) in [7, 11) is 0. The molecule has 9 heteroatoms. The van der Waals surface area contributed by atoms with Gasteiger partial charge in [-0.2, -0.15) is 0 Å². The van der Waals surface area contributed by atoms with E-state index in [0.29, 0.717) is 13.0 Å². The minimum Gasteiger partial charge on any atom is -0.386 e. The maximum Gasteiger partial charge on any atom is 0.328 e. The largest absolute Gasteiger partial charge is 0.386 e. The first-order valence-corrected chi connectivity index (χ1v) is 7.47. The number of amides is 1. The van der Waals surface area contributed by atoms with Gasteiger partial charge in [0.05, 0.1) is 18.8 Å². The Bertz CT molecular complexity index is 858. The van der Waals surface area contributed by atoms with Crippen LogP contribution >= 0.6 is 0 Å². The van der Waals surface area contributed by atoms with Crippen LogP contribution in [0.3, 0.4) is 0 Å². The summed E-state index contributed by atoms with van der Waals surface area (Å²) in [6.45, 7) is 1.95. The predicted molar refractivity (Wildman–Crippen MR) is 83.5 cm³/mol. The van der Waals surface area contributed by atoms with Gasteiger partial charge in [-0.15, -0.1) is 0 Å². The number of carbonyl (C=O) groups excluding carboxylic acids is 1. The van der Waals surface area contributed by atoms with Crippen molar-refractivity contribution in [1.29, 1.82) is 0 Å². The van der Waals surface area contributed by atoms with E-state index >= 15 is 0 Å². The van der Waals surface area contributed by atoms with E-state index in [0.717, 1.165) is 0 Å². The smallest absolute Gasteiger partial charge is 0.328 e. The topological polar surface area (TPSA) is 121 Å². The van der Waals surface area contributed by atoms with Crippen molar-refractivity contribution in [3.8, 4) is 0 Å². The molecule has 0 bridgehead atoms. The molecule has 2 atom stereocenters. The second kappa shape index (κ2) is 6.00. The maximum absolute atomic E-state index is 12.4. The second-order valence-corrected chi connectivity index (χ2v) is 6.00.